The number of Topliss-reactive ketones (excluding diaryl/α,β-unsaturated/α-hetero) is 1. The molecule has 9 heteroatoms. The summed E-state index contributed by atoms with van der Waals surface area (Å²) in [5.74, 6) is -1.77. The largest absolute Gasteiger partial charge is 0.481 e. The number of hydrogen-bond donors (Lipinski definition) is 4. The van der Waals surface area contributed by atoms with E-state index < -0.39 is 36.1 Å². The number of aliphatic hydroxyl groups is 1. The number of benzene rings is 3. The highest BCUT2D eigenvalue weighted by Crippen LogP contribution is 2.27. The number of nitrogens with one attached hydrogen (secondary N) is 2. The summed E-state index contributed by atoms with van der Waals surface area (Å²) < 4.78 is 0. The van der Waals surface area contributed by atoms with Crippen LogP contribution in [-0.2, 0) is 29.0 Å². The van der Waals surface area contributed by atoms with Gasteiger partial charge in [-0.15, -0.1) is 0 Å². The fraction of sp³-hybridized carbons (Fsp3) is 0.290. The molecule has 3 amide bonds. The summed E-state index contributed by atoms with van der Waals surface area (Å²) in [6, 6.07) is 19.7. The summed E-state index contributed by atoms with van der Waals surface area (Å²) in [4.78, 5) is 50.3. The molecule has 1 heterocycles. The number of nitrogens with zero attached hydrogens (tertiary/aromatic N) is 1. The van der Waals surface area contributed by atoms with Gasteiger partial charge in [-0.3, -0.25) is 14.4 Å². The Balaban J connectivity index is 0.000000451. The Kier molecular flexibility index (Phi) is 8.96. The number of carboxylic acids is 1. The van der Waals surface area contributed by atoms with Crippen LogP contribution < -0.4 is 10.6 Å². The van der Waals surface area contributed by atoms with E-state index in [0.717, 1.165) is 11.1 Å². The van der Waals surface area contributed by atoms with Gasteiger partial charge in [0.05, 0.1) is 12.5 Å². The standard InChI is InChI=1S/C24H27N3O6.C7H6/c1-14(28)16-8-5-9-19(10-16)25-24(33)26-22(15(2)29)23(32)27-13-18-7-4-3-6-17(18)11-20(27)12-21(30)31;1-2-4-7-5-6(7)3-1/h3-10,15,20,22,29H,11-13H2,1-2H3,(H,30,31)(H2,25,26,33);1-4H,5H2/t15?,20-,22?;/m1./s1. The van der Waals surface area contributed by atoms with Crippen molar-refractivity contribution in [3.05, 3.63) is 101 Å². The van der Waals surface area contributed by atoms with Gasteiger partial charge in [0.25, 0.3) is 0 Å². The highest BCUT2D eigenvalue weighted by molar-refractivity contribution is 5.98. The third kappa shape index (κ3) is 7.33. The number of aliphatic hydroxyl groups excluding tert-OH is 1. The van der Waals surface area contributed by atoms with E-state index >= 15 is 0 Å². The number of rotatable bonds is 7. The molecule has 3 aromatic rings. The molecule has 0 saturated carbocycles. The van der Waals surface area contributed by atoms with Crippen molar-refractivity contribution in [1.29, 1.82) is 0 Å². The predicted octanol–water partition coefficient (Wildman–Crippen LogP) is 3.78. The number of hydrogen-bond acceptors (Lipinski definition) is 5. The molecule has 4 N–H and O–H groups in total. The van der Waals surface area contributed by atoms with Crippen LogP contribution in [0.4, 0.5) is 10.5 Å². The Morgan fingerprint density at radius 2 is 1.55 bits per heavy atom. The molecule has 2 unspecified atom stereocenters. The summed E-state index contributed by atoms with van der Waals surface area (Å²) in [5.41, 5.74) is 5.69. The summed E-state index contributed by atoms with van der Waals surface area (Å²) in [6.45, 7) is 2.97. The van der Waals surface area contributed by atoms with E-state index in [9.17, 15) is 29.4 Å². The smallest absolute Gasteiger partial charge is 0.319 e. The third-order valence-corrected chi connectivity index (χ3v) is 6.99. The molecule has 1 aliphatic heterocycles. The molecule has 0 saturated heterocycles. The molecule has 3 atom stereocenters. The van der Waals surface area contributed by atoms with Gasteiger partial charge in [-0.05, 0) is 61.1 Å². The van der Waals surface area contributed by atoms with Crippen LogP contribution in [-0.4, -0.2) is 57.0 Å². The molecular formula is C31H33N3O6. The molecule has 0 bridgehead atoms. The quantitative estimate of drug-likeness (QED) is 0.262. The normalized spacial score (nSPS) is 16.2. The molecule has 2 aliphatic rings. The number of carboxylic acid groups (broad SMARTS) is 1. The first kappa shape index (κ1) is 28.5. The topological polar surface area (TPSA) is 136 Å². The average Bonchev–Trinajstić information content (AvgIpc) is 3.71. The maximum Gasteiger partial charge on any atom is 0.319 e. The van der Waals surface area contributed by atoms with Gasteiger partial charge in [0, 0.05) is 23.8 Å². The second-order valence-electron chi connectivity index (χ2n) is 10.1. The lowest BCUT2D eigenvalue weighted by molar-refractivity contribution is -0.143. The van der Waals surface area contributed by atoms with Crippen LogP contribution in [0.1, 0.15) is 52.9 Å². The Morgan fingerprint density at radius 1 is 0.925 bits per heavy atom. The van der Waals surface area contributed by atoms with Gasteiger partial charge < -0.3 is 25.7 Å². The van der Waals surface area contributed by atoms with Crippen molar-refractivity contribution in [2.45, 2.75) is 57.8 Å². The van der Waals surface area contributed by atoms with E-state index in [4.69, 9.17) is 0 Å². The minimum Gasteiger partial charge on any atom is -0.481 e. The van der Waals surface area contributed by atoms with Gasteiger partial charge >= 0.3 is 12.0 Å². The number of fused-ring (bicyclic) bond motifs is 2. The second kappa shape index (κ2) is 12.6. The molecule has 0 spiro atoms. The van der Waals surface area contributed by atoms with Crippen molar-refractivity contribution in [3.63, 3.8) is 0 Å². The first-order chi connectivity index (χ1) is 19.1. The first-order valence-corrected chi connectivity index (χ1v) is 13.1. The zero-order chi connectivity index (χ0) is 28.8. The zero-order valence-electron chi connectivity index (χ0n) is 22.5. The monoisotopic (exact) mass is 543 g/mol. The Bertz CT molecular complexity index is 1400. The zero-order valence-corrected chi connectivity index (χ0v) is 22.5. The van der Waals surface area contributed by atoms with E-state index in [1.54, 1.807) is 18.2 Å². The molecule has 3 aromatic carbocycles. The third-order valence-electron chi connectivity index (χ3n) is 6.99. The average molecular weight is 544 g/mol. The molecular weight excluding hydrogens is 510 g/mol. The van der Waals surface area contributed by atoms with Gasteiger partial charge in [-0.2, -0.15) is 0 Å². The number of amides is 3. The maximum absolute atomic E-state index is 13.4. The van der Waals surface area contributed by atoms with E-state index in [0.29, 0.717) is 17.7 Å². The van der Waals surface area contributed by atoms with Crippen LogP contribution in [0.3, 0.4) is 0 Å². The number of carbonyl (C=O) groups excluding carboxylic acids is 3. The summed E-state index contributed by atoms with van der Waals surface area (Å²) in [5, 5.41) is 24.6. The molecule has 0 radical (unpaired) electrons. The van der Waals surface area contributed by atoms with Gasteiger partial charge in [-0.1, -0.05) is 60.7 Å². The number of carbonyl (C=O) groups is 4. The van der Waals surface area contributed by atoms with Crippen LogP contribution in [0, 0.1) is 0 Å². The van der Waals surface area contributed by atoms with Crippen LogP contribution >= 0.6 is 0 Å². The number of urea groups is 1. The summed E-state index contributed by atoms with van der Waals surface area (Å²) in [7, 11) is 0. The number of aliphatic carboxylic acids is 1. The van der Waals surface area contributed by atoms with Crippen molar-refractivity contribution in [2.75, 3.05) is 5.32 Å². The molecule has 208 valence electrons. The Labute approximate surface area is 232 Å². The number of anilines is 1. The van der Waals surface area contributed by atoms with Gasteiger partial charge in [0.15, 0.2) is 5.78 Å². The fourth-order valence-electron chi connectivity index (χ4n) is 4.76. The van der Waals surface area contributed by atoms with Crippen molar-refractivity contribution in [1.82, 2.24) is 10.2 Å². The van der Waals surface area contributed by atoms with Crippen LogP contribution in [0.15, 0.2) is 72.8 Å². The number of ketones is 1. The highest BCUT2D eigenvalue weighted by Gasteiger charge is 2.37. The van der Waals surface area contributed by atoms with Gasteiger partial charge in [0.2, 0.25) is 5.91 Å². The van der Waals surface area contributed by atoms with Gasteiger partial charge in [0.1, 0.15) is 6.04 Å². The molecule has 0 fully saturated rings. The second-order valence-corrected chi connectivity index (χ2v) is 10.1. The van der Waals surface area contributed by atoms with Crippen molar-refractivity contribution in [2.24, 2.45) is 0 Å². The minimum absolute atomic E-state index is 0.161. The summed E-state index contributed by atoms with van der Waals surface area (Å²) in [6.07, 6.45) is 0.128. The molecule has 1 aliphatic carbocycles. The molecule has 0 aromatic heterocycles. The molecule has 9 nitrogen and oxygen atoms in total. The van der Waals surface area contributed by atoms with E-state index in [2.05, 4.69) is 34.9 Å². The van der Waals surface area contributed by atoms with E-state index in [1.165, 1.54) is 42.4 Å². The van der Waals surface area contributed by atoms with E-state index in [-0.39, 0.29) is 18.7 Å². The SMILES string of the molecule is CC(=O)c1cccc(NC(=O)NC(C(=O)N2Cc3ccccc3C[C@@H]2CC(=O)O)C(C)O)c1.c1ccc2c(c1)C2. The lowest BCUT2D eigenvalue weighted by atomic mass is 9.91. The lowest BCUT2D eigenvalue weighted by Crippen LogP contribution is -2.58. The first-order valence-electron chi connectivity index (χ1n) is 13.1. The van der Waals surface area contributed by atoms with Crippen molar-refractivity contribution >= 4 is 29.4 Å². The molecule has 40 heavy (non-hydrogen) atoms. The summed E-state index contributed by atoms with van der Waals surface area (Å²) >= 11 is 0. The van der Waals surface area contributed by atoms with E-state index in [1.807, 2.05) is 24.3 Å². The fourth-order valence-corrected chi connectivity index (χ4v) is 4.76. The van der Waals surface area contributed by atoms with Gasteiger partial charge in [-0.25, -0.2) is 4.79 Å². The maximum atomic E-state index is 13.4. The lowest BCUT2D eigenvalue weighted by Gasteiger charge is -2.39. The minimum atomic E-state index is -1.29. The van der Waals surface area contributed by atoms with Crippen molar-refractivity contribution in [3.8, 4) is 0 Å². The Hall–Kier alpha value is -4.50. The molecule has 5 rings (SSSR count). The Morgan fingerprint density at radius 3 is 2.12 bits per heavy atom. The van der Waals surface area contributed by atoms with Crippen LogP contribution in [0.5, 0.6) is 0 Å². The van der Waals surface area contributed by atoms with Crippen LogP contribution in [0.2, 0.25) is 0 Å². The van der Waals surface area contributed by atoms with Crippen molar-refractivity contribution < 1.29 is 29.4 Å². The van der Waals surface area contributed by atoms with Crippen LogP contribution in [0.25, 0.3) is 0 Å². The highest BCUT2D eigenvalue weighted by atomic mass is 16.4. The predicted molar refractivity (Wildman–Crippen MR) is 150 cm³/mol.